The maximum Gasteiger partial charge on any atom is 0.149 e. The molecule has 0 spiro atoms. The van der Waals surface area contributed by atoms with Crippen LogP contribution in [0.25, 0.3) is 0 Å². The van der Waals surface area contributed by atoms with E-state index >= 15 is 0 Å². The van der Waals surface area contributed by atoms with Crippen LogP contribution >= 0.6 is 18.5 Å². The van der Waals surface area contributed by atoms with Gasteiger partial charge >= 0.3 is 0 Å². The first-order valence-corrected chi connectivity index (χ1v) is 9.54. The second-order valence-corrected chi connectivity index (χ2v) is 10.4. The first-order chi connectivity index (χ1) is 9.31. The fourth-order valence-corrected chi connectivity index (χ4v) is 8.23. The van der Waals surface area contributed by atoms with Gasteiger partial charge in [0, 0.05) is 26.6 Å². The molecule has 0 radical (unpaired) electrons. The zero-order valence-corrected chi connectivity index (χ0v) is 14.0. The number of hydrogen-bond donors (Lipinski definition) is 1. The molecule has 1 unspecified atom stereocenters. The van der Waals surface area contributed by atoms with Crippen molar-refractivity contribution in [2.75, 3.05) is 5.73 Å². The molecule has 0 bridgehead atoms. The van der Waals surface area contributed by atoms with E-state index < -0.39 is 7.14 Å². The van der Waals surface area contributed by atoms with E-state index in [-0.39, 0.29) is 11.1 Å². The molecule has 20 heavy (non-hydrogen) atoms. The molecule has 0 fully saturated rings. The number of nitrogens with two attached hydrogens (primary N) is 1. The highest BCUT2D eigenvalue weighted by molar-refractivity contribution is 7.80. The molecule has 2 N–H and O–H groups in total. The third kappa shape index (κ3) is 1.54. The highest BCUT2D eigenvalue weighted by Gasteiger charge is 2.47. The minimum Gasteiger partial charge on any atom is -0.397 e. The van der Waals surface area contributed by atoms with E-state index in [1.807, 2.05) is 37.4 Å². The van der Waals surface area contributed by atoms with E-state index in [1.165, 1.54) is 10.4 Å². The summed E-state index contributed by atoms with van der Waals surface area (Å²) in [5, 5.41) is 3.87. The van der Waals surface area contributed by atoms with Gasteiger partial charge in [-0.15, -0.1) is 11.3 Å². The van der Waals surface area contributed by atoms with Crippen LogP contribution in [0.3, 0.4) is 0 Å². The van der Waals surface area contributed by atoms with Crippen molar-refractivity contribution in [1.29, 1.82) is 0 Å². The van der Waals surface area contributed by atoms with Crippen molar-refractivity contribution < 1.29 is 4.57 Å². The minimum absolute atomic E-state index is 0.0652. The Morgan fingerprint density at radius 1 is 1.25 bits per heavy atom. The fraction of sp³-hybridized carbons (Fsp3) is 0.375. The quantitative estimate of drug-likeness (QED) is 0.817. The number of nitrogen functional groups attached to an aromatic ring is 1. The maximum absolute atomic E-state index is 13.9. The van der Waals surface area contributed by atoms with Gasteiger partial charge in [-0.3, -0.25) is 0 Å². The summed E-state index contributed by atoms with van der Waals surface area (Å²) in [5.41, 5.74) is 8.01. The molecule has 2 heterocycles. The molecule has 1 aromatic carbocycles. The second-order valence-electron chi connectivity index (χ2n) is 6.26. The number of anilines is 1. The Balaban J connectivity index is 2.48. The number of rotatable bonds is 1. The summed E-state index contributed by atoms with van der Waals surface area (Å²) in [6, 6.07) is 8.16. The van der Waals surface area contributed by atoms with E-state index in [4.69, 9.17) is 5.73 Å². The van der Waals surface area contributed by atoms with Gasteiger partial charge in [-0.05, 0) is 5.56 Å². The second kappa shape index (κ2) is 4.22. The average molecular weight is 305 g/mol. The molecule has 2 nitrogen and oxygen atoms in total. The summed E-state index contributed by atoms with van der Waals surface area (Å²) in [6.45, 7) is 8.47. The Labute approximate surface area is 124 Å². The molecule has 1 aliphatic heterocycles. The SMILES string of the molecule is CC(C)P1(=O)c2ccccc2C(C)(C)c2scc(N)c21. The molecule has 2 aromatic rings. The summed E-state index contributed by atoms with van der Waals surface area (Å²) in [5.74, 6) is 0. The third-order valence-electron chi connectivity index (χ3n) is 4.35. The topological polar surface area (TPSA) is 43.1 Å². The number of hydrogen-bond acceptors (Lipinski definition) is 3. The van der Waals surface area contributed by atoms with E-state index in [9.17, 15) is 4.57 Å². The Kier molecular flexibility index (Phi) is 2.94. The average Bonchev–Trinajstić information content (AvgIpc) is 2.80. The van der Waals surface area contributed by atoms with Gasteiger partial charge in [0.25, 0.3) is 0 Å². The summed E-state index contributed by atoms with van der Waals surface area (Å²) >= 11 is 1.65. The van der Waals surface area contributed by atoms with Gasteiger partial charge in [-0.25, -0.2) is 0 Å². The molecule has 4 heteroatoms. The van der Waals surface area contributed by atoms with Crippen molar-refractivity contribution in [1.82, 2.24) is 0 Å². The van der Waals surface area contributed by atoms with Crippen molar-refractivity contribution in [3.8, 4) is 0 Å². The first-order valence-electron chi connectivity index (χ1n) is 6.89. The van der Waals surface area contributed by atoms with Gasteiger partial charge in [0.05, 0.1) is 11.0 Å². The predicted molar refractivity (Wildman–Crippen MR) is 89.3 cm³/mol. The van der Waals surface area contributed by atoms with Crippen molar-refractivity contribution in [3.63, 3.8) is 0 Å². The summed E-state index contributed by atoms with van der Waals surface area (Å²) in [6.07, 6.45) is 0. The monoisotopic (exact) mass is 305 g/mol. The molecular formula is C16H20NOPS. The van der Waals surface area contributed by atoms with Crippen molar-refractivity contribution >= 4 is 34.8 Å². The lowest BCUT2D eigenvalue weighted by molar-refractivity contribution is 0.576. The van der Waals surface area contributed by atoms with Crippen molar-refractivity contribution in [2.24, 2.45) is 0 Å². The zero-order valence-electron chi connectivity index (χ0n) is 12.3. The van der Waals surface area contributed by atoms with Gasteiger partial charge in [0.1, 0.15) is 7.14 Å². The molecule has 1 aromatic heterocycles. The largest absolute Gasteiger partial charge is 0.397 e. The molecule has 0 aliphatic carbocycles. The van der Waals surface area contributed by atoms with Crippen LogP contribution in [-0.4, -0.2) is 5.66 Å². The van der Waals surface area contributed by atoms with Crippen molar-refractivity contribution in [2.45, 2.75) is 38.8 Å². The van der Waals surface area contributed by atoms with Gasteiger partial charge in [-0.1, -0.05) is 52.0 Å². The lowest BCUT2D eigenvalue weighted by Gasteiger charge is -2.39. The van der Waals surface area contributed by atoms with Crippen LogP contribution in [0.2, 0.25) is 0 Å². The van der Waals surface area contributed by atoms with Crippen LogP contribution < -0.4 is 16.3 Å². The number of fused-ring (bicyclic) bond motifs is 2. The van der Waals surface area contributed by atoms with Gasteiger partial charge in [0.15, 0.2) is 0 Å². The predicted octanol–water partition coefficient (Wildman–Crippen LogP) is 3.69. The highest BCUT2D eigenvalue weighted by Crippen LogP contribution is 2.58. The normalized spacial score (nSPS) is 23.4. The molecule has 0 saturated carbocycles. The Morgan fingerprint density at radius 3 is 2.55 bits per heavy atom. The fourth-order valence-electron chi connectivity index (χ4n) is 3.22. The van der Waals surface area contributed by atoms with E-state index in [1.54, 1.807) is 11.3 Å². The van der Waals surface area contributed by atoms with Crippen LogP contribution in [0.1, 0.15) is 38.1 Å². The Hall–Kier alpha value is -1.05. The van der Waals surface area contributed by atoms with E-state index in [2.05, 4.69) is 19.9 Å². The van der Waals surface area contributed by atoms with Crippen LogP contribution in [0.5, 0.6) is 0 Å². The summed E-state index contributed by atoms with van der Waals surface area (Å²) < 4.78 is 13.9. The maximum atomic E-state index is 13.9. The van der Waals surface area contributed by atoms with Crippen LogP contribution in [0.15, 0.2) is 29.6 Å². The molecule has 106 valence electrons. The Bertz CT molecular complexity index is 730. The standard InChI is InChI=1S/C16H20NOPS/c1-10(2)19(18)13-8-6-5-7-11(13)16(3,4)15-14(19)12(17)9-20-15/h5-10H,17H2,1-4H3. The third-order valence-corrected chi connectivity index (χ3v) is 9.53. The Morgan fingerprint density at radius 2 is 1.90 bits per heavy atom. The van der Waals surface area contributed by atoms with Gasteiger partial charge in [-0.2, -0.15) is 0 Å². The van der Waals surface area contributed by atoms with Crippen LogP contribution in [0, 0.1) is 0 Å². The zero-order chi connectivity index (χ0) is 14.7. The van der Waals surface area contributed by atoms with Crippen molar-refractivity contribution in [3.05, 3.63) is 40.1 Å². The van der Waals surface area contributed by atoms with Gasteiger partial charge in [0.2, 0.25) is 0 Å². The molecule has 1 aliphatic rings. The molecule has 0 saturated heterocycles. The lowest BCUT2D eigenvalue weighted by atomic mass is 9.82. The molecule has 3 rings (SSSR count). The number of benzene rings is 1. The smallest absolute Gasteiger partial charge is 0.149 e. The summed E-state index contributed by atoms with van der Waals surface area (Å²) in [4.78, 5) is 1.17. The van der Waals surface area contributed by atoms with Crippen LogP contribution in [0.4, 0.5) is 5.69 Å². The van der Waals surface area contributed by atoms with E-state index in [0.717, 1.165) is 10.6 Å². The number of thiophene rings is 1. The molecule has 0 amide bonds. The van der Waals surface area contributed by atoms with E-state index in [0.29, 0.717) is 5.69 Å². The molecule has 1 atom stereocenters. The highest BCUT2D eigenvalue weighted by atomic mass is 32.1. The minimum atomic E-state index is -2.65. The lowest BCUT2D eigenvalue weighted by Crippen LogP contribution is -2.40. The first kappa shape index (κ1) is 13.9. The molecular weight excluding hydrogens is 285 g/mol. The van der Waals surface area contributed by atoms with Gasteiger partial charge < -0.3 is 10.3 Å². The summed E-state index contributed by atoms with van der Waals surface area (Å²) in [7, 11) is -2.65. The van der Waals surface area contributed by atoms with Crippen LogP contribution in [-0.2, 0) is 9.98 Å².